The highest BCUT2D eigenvalue weighted by atomic mass is 79.9. The van der Waals surface area contributed by atoms with Crippen molar-refractivity contribution in [2.75, 3.05) is 0 Å². The fraction of sp³-hybridized carbons (Fsp3) is 0. The number of halogens is 2. The minimum absolute atomic E-state index is 0.338. The maximum atomic E-state index is 12.1. The predicted octanol–water partition coefficient (Wildman–Crippen LogP) is 6.07. The molecule has 0 saturated heterocycles. The number of ether oxygens (including phenoxy) is 1. The second-order valence-corrected chi connectivity index (χ2v) is 6.50. The van der Waals surface area contributed by atoms with Gasteiger partial charge < -0.3 is 4.74 Å². The molecule has 0 radical (unpaired) electrons. The molecule has 3 nitrogen and oxygen atoms in total. The highest BCUT2D eigenvalue weighted by Crippen LogP contribution is 2.20. The van der Waals surface area contributed by atoms with Gasteiger partial charge >= 0.3 is 5.97 Å². The van der Waals surface area contributed by atoms with Crippen molar-refractivity contribution < 1.29 is 9.53 Å². The van der Waals surface area contributed by atoms with Crippen LogP contribution in [0.5, 0.6) is 5.75 Å². The molecule has 0 heterocycles. The molecule has 3 aromatic rings. The Morgan fingerprint density at radius 2 is 1.64 bits per heavy atom. The van der Waals surface area contributed by atoms with Crippen LogP contribution in [-0.2, 0) is 0 Å². The van der Waals surface area contributed by atoms with Gasteiger partial charge in [-0.1, -0.05) is 39.7 Å². The van der Waals surface area contributed by atoms with Crippen LogP contribution in [0.25, 0.3) is 0 Å². The van der Waals surface area contributed by atoms with Crippen molar-refractivity contribution in [2.45, 2.75) is 0 Å². The molecule has 0 aliphatic heterocycles. The molecule has 0 aliphatic carbocycles. The summed E-state index contributed by atoms with van der Waals surface area (Å²) in [5.74, 6) is -0.0346. The lowest BCUT2D eigenvalue weighted by Gasteiger charge is -2.05. The minimum atomic E-state index is -0.484. The molecule has 0 aliphatic rings. The number of esters is 1. The van der Waals surface area contributed by atoms with Crippen LogP contribution in [0, 0.1) is 0 Å². The van der Waals surface area contributed by atoms with E-state index in [2.05, 4.69) is 20.9 Å². The number of hydrogen-bond acceptors (Lipinski definition) is 3. The molecular formula is C20H13BrClNO2. The third kappa shape index (κ3) is 4.78. The summed E-state index contributed by atoms with van der Waals surface area (Å²) < 4.78 is 6.35. The number of nitrogens with zero attached hydrogens (tertiary/aromatic N) is 1. The second-order valence-electron chi connectivity index (χ2n) is 5.17. The van der Waals surface area contributed by atoms with E-state index < -0.39 is 5.97 Å². The molecule has 0 spiro atoms. The zero-order valence-electron chi connectivity index (χ0n) is 13.0. The smallest absolute Gasteiger partial charge is 0.345 e. The first-order valence-electron chi connectivity index (χ1n) is 7.48. The maximum absolute atomic E-state index is 12.1. The summed E-state index contributed by atoms with van der Waals surface area (Å²) in [5.41, 5.74) is 2.10. The van der Waals surface area contributed by atoms with Crippen molar-refractivity contribution in [1.82, 2.24) is 0 Å². The fourth-order valence-corrected chi connectivity index (χ4v) is 2.56. The molecule has 0 atom stereocenters. The van der Waals surface area contributed by atoms with Crippen LogP contribution in [-0.4, -0.2) is 12.2 Å². The zero-order chi connectivity index (χ0) is 17.6. The van der Waals surface area contributed by atoms with Crippen molar-refractivity contribution in [2.24, 2.45) is 4.99 Å². The van der Waals surface area contributed by atoms with Gasteiger partial charge in [0.15, 0.2) is 0 Å². The van der Waals surface area contributed by atoms with Gasteiger partial charge in [-0.25, -0.2) is 4.79 Å². The topological polar surface area (TPSA) is 38.7 Å². The molecule has 0 unspecified atom stereocenters. The molecule has 5 heteroatoms. The molecule has 3 rings (SSSR count). The summed E-state index contributed by atoms with van der Waals surface area (Å²) in [6, 6.07) is 21.6. The lowest BCUT2D eigenvalue weighted by Crippen LogP contribution is -2.08. The second kappa shape index (κ2) is 8.10. The van der Waals surface area contributed by atoms with E-state index in [4.69, 9.17) is 16.3 Å². The van der Waals surface area contributed by atoms with Crippen LogP contribution in [0.2, 0.25) is 5.02 Å². The first-order chi connectivity index (χ1) is 12.1. The highest BCUT2D eigenvalue weighted by Gasteiger charge is 2.11. The number of hydrogen-bond donors (Lipinski definition) is 0. The van der Waals surface area contributed by atoms with Gasteiger partial charge in [0.2, 0.25) is 0 Å². The summed E-state index contributed by atoms with van der Waals surface area (Å²) in [6.45, 7) is 0. The molecular weight excluding hydrogens is 402 g/mol. The van der Waals surface area contributed by atoms with Crippen molar-refractivity contribution >= 4 is 45.4 Å². The largest absolute Gasteiger partial charge is 0.423 e. The van der Waals surface area contributed by atoms with Gasteiger partial charge in [0.25, 0.3) is 0 Å². The van der Waals surface area contributed by atoms with Crippen LogP contribution in [0.4, 0.5) is 5.69 Å². The van der Waals surface area contributed by atoms with Gasteiger partial charge in [0.1, 0.15) is 5.75 Å². The Morgan fingerprint density at radius 1 is 0.960 bits per heavy atom. The van der Waals surface area contributed by atoms with Gasteiger partial charge in [-0.05, 0) is 66.2 Å². The molecule has 0 bridgehead atoms. The van der Waals surface area contributed by atoms with Crippen molar-refractivity contribution in [3.8, 4) is 5.75 Å². The molecule has 0 N–H and O–H groups in total. The minimum Gasteiger partial charge on any atom is -0.423 e. The Labute approximate surface area is 159 Å². The first-order valence-corrected chi connectivity index (χ1v) is 8.65. The average molecular weight is 415 g/mol. The monoisotopic (exact) mass is 413 g/mol. The third-order valence-corrected chi connectivity index (χ3v) is 4.23. The summed E-state index contributed by atoms with van der Waals surface area (Å²) in [7, 11) is 0. The van der Waals surface area contributed by atoms with Crippen molar-refractivity contribution in [3.63, 3.8) is 0 Å². The predicted molar refractivity (Wildman–Crippen MR) is 104 cm³/mol. The van der Waals surface area contributed by atoms with Crippen LogP contribution in [0.3, 0.4) is 0 Å². The number of carbonyl (C=O) groups is 1. The number of carbonyl (C=O) groups excluding carboxylic acids is 1. The zero-order valence-corrected chi connectivity index (χ0v) is 15.4. The lowest BCUT2D eigenvalue weighted by molar-refractivity contribution is 0.0735. The van der Waals surface area contributed by atoms with Crippen LogP contribution < -0.4 is 4.74 Å². The van der Waals surface area contributed by atoms with E-state index in [1.165, 1.54) is 0 Å². The van der Waals surface area contributed by atoms with Crippen LogP contribution >= 0.6 is 27.5 Å². The molecule has 124 valence electrons. The third-order valence-electron chi connectivity index (χ3n) is 3.37. The summed E-state index contributed by atoms with van der Waals surface area (Å²) in [5, 5.41) is 0.366. The molecule has 0 saturated carbocycles. The van der Waals surface area contributed by atoms with Crippen molar-refractivity contribution in [1.29, 1.82) is 0 Å². The van der Waals surface area contributed by atoms with Crippen LogP contribution in [0.1, 0.15) is 15.9 Å². The van der Waals surface area contributed by atoms with Gasteiger partial charge in [0.05, 0.1) is 16.3 Å². The Balaban J connectivity index is 1.67. The summed E-state index contributed by atoms with van der Waals surface area (Å²) in [6.07, 6.45) is 1.75. The van der Waals surface area contributed by atoms with E-state index in [0.29, 0.717) is 16.3 Å². The van der Waals surface area contributed by atoms with Crippen LogP contribution in [0.15, 0.2) is 82.3 Å². The van der Waals surface area contributed by atoms with Gasteiger partial charge in [-0.2, -0.15) is 0 Å². The van der Waals surface area contributed by atoms with Gasteiger partial charge in [0, 0.05) is 10.7 Å². The number of benzene rings is 3. The SMILES string of the molecule is O=C(Oc1ccc(C=Nc2ccc(Br)cc2)cc1)c1ccccc1Cl. The standard InChI is InChI=1S/C20H13BrClNO2/c21-15-7-9-16(10-8-15)23-13-14-5-11-17(12-6-14)25-20(24)18-3-1-2-4-19(18)22/h1-13H. The Morgan fingerprint density at radius 3 is 2.32 bits per heavy atom. The first kappa shape index (κ1) is 17.4. The molecule has 3 aromatic carbocycles. The van der Waals surface area contributed by atoms with E-state index in [1.807, 2.05) is 36.4 Å². The van der Waals surface area contributed by atoms with E-state index in [1.54, 1.807) is 42.6 Å². The average Bonchev–Trinajstić information content (AvgIpc) is 2.63. The summed E-state index contributed by atoms with van der Waals surface area (Å²) >= 11 is 9.39. The molecule has 0 fully saturated rings. The summed E-state index contributed by atoms with van der Waals surface area (Å²) in [4.78, 5) is 16.5. The van der Waals surface area contributed by atoms with Gasteiger partial charge in [-0.15, -0.1) is 0 Å². The molecule has 25 heavy (non-hydrogen) atoms. The Kier molecular flexibility index (Phi) is 5.64. The highest BCUT2D eigenvalue weighted by molar-refractivity contribution is 9.10. The van der Waals surface area contributed by atoms with E-state index in [0.717, 1.165) is 15.7 Å². The van der Waals surface area contributed by atoms with Crippen molar-refractivity contribution in [3.05, 3.63) is 93.4 Å². The fourth-order valence-electron chi connectivity index (χ4n) is 2.09. The Bertz CT molecular complexity index is 906. The lowest BCUT2D eigenvalue weighted by atomic mass is 10.2. The van der Waals surface area contributed by atoms with E-state index in [9.17, 15) is 4.79 Å². The molecule has 0 aromatic heterocycles. The van der Waals surface area contributed by atoms with E-state index >= 15 is 0 Å². The normalized spacial score (nSPS) is 10.8. The van der Waals surface area contributed by atoms with E-state index in [-0.39, 0.29) is 0 Å². The van der Waals surface area contributed by atoms with Gasteiger partial charge in [-0.3, -0.25) is 4.99 Å². The quantitative estimate of drug-likeness (QED) is 0.295. The maximum Gasteiger partial charge on any atom is 0.345 e. The number of rotatable bonds is 4. The Hall–Kier alpha value is -2.43. The number of aliphatic imine (C=N–C) groups is 1. The molecule has 0 amide bonds.